The van der Waals surface area contributed by atoms with E-state index in [1.807, 2.05) is 0 Å². The fourth-order valence-electron chi connectivity index (χ4n) is 5.53. The first-order valence-electron chi connectivity index (χ1n) is 10.6. The molecule has 2 rings (SSSR count). The van der Waals surface area contributed by atoms with E-state index in [2.05, 4.69) is 19.9 Å². The van der Waals surface area contributed by atoms with Crippen LogP contribution in [0.5, 0.6) is 0 Å². The monoisotopic (exact) mass is 347 g/mol. The number of nitriles is 1. The lowest BCUT2D eigenvalue weighted by atomic mass is 9.60. The van der Waals surface area contributed by atoms with Gasteiger partial charge >= 0.3 is 5.97 Å². The summed E-state index contributed by atoms with van der Waals surface area (Å²) in [7, 11) is 0. The van der Waals surface area contributed by atoms with Crippen molar-refractivity contribution in [3.63, 3.8) is 0 Å². The molecule has 2 fully saturated rings. The van der Waals surface area contributed by atoms with Gasteiger partial charge in [0.1, 0.15) is 0 Å². The summed E-state index contributed by atoms with van der Waals surface area (Å²) in [6.45, 7) is 4.47. The molecule has 0 aromatic heterocycles. The summed E-state index contributed by atoms with van der Waals surface area (Å²) in [5, 5.41) is 18.7. The molecule has 0 unspecified atom stereocenters. The fraction of sp³-hybridized carbons (Fsp3) is 0.909. The first kappa shape index (κ1) is 20.3. The van der Waals surface area contributed by atoms with E-state index in [1.54, 1.807) is 0 Å². The second kappa shape index (κ2) is 9.60. The van der Waals surface area contributed by atoms with Crippen LogP contribution in [0, 0.1) is 40.4 Å². The zero-order valence-electron chi connectivity index (χ0n) is 16.3. The van der Waals surface area contributed by atoms with Gasteiger partial charge in [-0.15, -0.1) is 0 Å². The lowest BCUT2D eigenvalue weighted by Crippen LogP contribution is -2.35. The van der Waals surface area contributed by atoms with Crippen molar-refractivity contribution in [2.75, 3.05) is 0 Å². The lowest BCUT2D eigenvalue weighted by Gasteiger charge is -2.43. The van der Waals surface area contributed by atoms with Crippen LogP contribution in [-0.4, -0.2) is 11.1 Å². The van der Waals surface area contributed by atoms with Gasteiger partial charge in [0.15, 0.2) is 0 Å². The molecule has 2 saturated carbocycles. The van der Waals surface area contributed by atoms with Gasteiger partial charge in [-0.25, -0.2) is 0 Å². The summed E-state index contributed by atoms with van der Waals surface area (Å²) < 4.78 is 0. The van der Waals surface area contributed by atoms with Crippen LogP contribution < -0.4 is 0 Å². The standard InChI is InChI=1S/C22H37NO2/c1-3-5-18-8-10-19(11-9-18)20-12-14-22(16-23,15-13-20)17(2)6-4-7-21(24)25/h17-20H,3-15H2,1-2H3,(H,24,25)/t17-,18?,19?,20?,22?/m0/s1. The molecule has 142 valence electrons. The summed E-state index contributed by atoms with van der Waals surface area (Å²) in [6, 6.07) is 2.66. The van der Waals surface area contributed by atoms with Gasteiger partial charge in [0.2, 0.25) is 0 Å². The molecule has 3 nitrogen and oxygen atoms in total. The predicted octanol–water partition coefficient (Wildman–Crippen LogP) is 6.18. The highest BCUT2D eigenvalue weighted by molar-refractivity contribution is 5.66. The number of hydrogen-bond acceptors (Lipinski definition) is 2. The Morgan fingerprint density at radius 3 is 2.28 bits per heavy atom. The van der Waals surface area contributed by atoms with Crippen molar-refractivity contribution in [1.29, 1.82) is 5.26 Å². The van der Waals surface area contributed by atoms with Gasteiger partial charge in [0.05, 0.1) is 11.5 Å². The molecule has 2 aliphatic rings. The van der Waals surface area contributed by atoms with E-state index in [4.69, 9.17) is 5.11 Å². The normalized spacial score (nSPS) is 34.2. The number of nitrogens with zero attached hydrogens (tertiary/aromatic N) is 1. The first-order chi connectivity index (χ1) is 12.0. The van der Waals surface area contributed by atoms with Gasteiger partial charge < -0.3 is 5.11 Å². The number of carboxylic acid groups (broad SMARTS) is 1. The van der Waals surface area contributed by atoms with Crippen molar-refractivity contribution in [2.24, 2.45) is 29.1 Å². The Labute approximate surface area is 154 Å². The van der Waals surface area contributed by atoms with Crippen molar-refractivity contribution in [1.82, 2.24) is 0 Å². The quantitative estimate of drug-likeness (QED) is 0.570. The number of hydrogen-bond donors (Lipinski definition) is 1. The van der Waals surface area contributed by atoms with E-state index in [0.29, 0.717) is 12.3 Å². The average molecular weight is 348 g/mol. The van der Waals surface area contributed by atoms with E-state index < -0.39 is 5.97 Å². The largest absolute Gasteiger partial charge is 0.481 e. The molecule has 2 aliphatic carbocycles. The molecule has 0 aromatic rings. The van der Waals surface area contributed by atoms with E-state index in [9.17, 15) is 10.1 Å². The Hall–Kier alpha value is -1.04. The Kier molecular flexibility index (Phi) is 7.79. The minimum atomic E-state index is -0.722. The van der Waals surface area contributed by atoms with Gasteiger partial charge in [-0.1, -0.05) is 39.5 Å². The topological polar surface area (TPSA) is 61.1 Å². The third-order valence-corrected chi connectivity index (χ3v) is 7.37. The summed E-state index contributed by atoms with van der Waals surface area (Å²) in [4.78, 5) is 10.7. The van der Waals surface area contributed by atoms with Crippen LogP contribution in [0.1, 0.15) is 97.3 Å². The molecule has 0 saturated heterocycles. The molecule has 1 N–H and O–H groups in total. The van der Waals surface area contributed by atoms with Crippen LogP contribution in [0.25, 0.3) is 0 Å². The number of aliphatic carboxylic acids is 1. The van der Waals surface area contributed by atoms with E-state index in [0.717, 1.165) is 37.0 Å². The van der Waals surface area contributed by atoms with Gasteiger partial charge in [-0.05, 0) is 75.0 Å². The Morgan fingerprint density at radius 2 is 1.76 bits per heavy atom. The second-order valence-corrected chi connectivity index (χ2v) is 8.86. The van der Waals surface area contributed by atoms with Gasteiger partial charge in [-0.2, -0.15) is 5.26 Å². The molecular formula is C22H37NO2. The van der Waals surface area contributed by atoms with Gasteiger partial charge in [0, 0.05) is 6.42 Å². The van der Waals surface area contributed by atoms with Crippen LogP contribution in [0.15, 0.2) is 0 Å². The SMILES string of the molecule is CCCC1CCC(C2CCC(C#N)([C@@H](C)CCCC(=O)O)CC2)CC1. The van der Waals surface area contributed by atoms with E-state index >= 15 is 0 Å². The highest BCUT2D eigenvalue weighted by Crippen LogP contribution is 2.49. The number of carboxylic acids is 1. The van der Waals surface area contributed by atoms with Crippen molar-refractivity contribution in [3.05, 3.63) is 0 Å². The molecule has 0 spiro atoms. The zero-order chi connectivity index (χ0) is 18.3. The third kappa shape index (κ3) is 5.47. The van der Waals surface area contributed by atoms with Crippen LogP contribution in [0.3, 0.4) is 0 Å². The highest BCUT2D eigenvalue weighted by atomic mass is 16.4. The first-order valence-corrected chi connectivity index (χ1v) is 10.6. The molecule has 3 heteroatoms. The van der Waals surface area contributed by atoms with Crippen molar-refractivity contribution < 1.29 is 9.90 Å². The van der Waals surface area contributed by atoms with E-state index in [1.165, 1.54) is 51.4 Å². The Balaban J connectivity index is 1.80. The van der Waals surface area contributed by atoms with Crippen LogP contribution in [0.4, 0.5) is 0 Å². The van der Waals surface area contributed by atoms with Gasteiger partial charge in [-0.3, -0.25) is 4.79 Å². The molecule has 25 heavy (non-hydrogen) atoms. The number of carbonyl (C=O) groups is 1. The fourth-order valence-corrected chi connectivity index (χ4v) is 5.53. The predicted molar refractivity (Wildman–Crippen MR) is 101 cm³/mol. The summed E-state index contributed by atoms with van der Waals surface area (Å²) in [5.41, 5.74) is -0.200. The molecule has 0 heterocycles. The molecular weight excluding hydrogens is 310 g/mol. The maximum atomic E-state index is 10.7. The lowest BCUT2D eigenvalue weighted by molar-refractivity contribution is -0.137. The molecule has 0 amide bonds. The summed E-state index contributed by atoms with van der Waals surface area (Å²) >= 11 is 0. The molecule has 0 bridgehead atoms. The maximum Gasteiger partial charge on any atom is 0.303 e. The van der Waals surface area contributed by atoms with Crippen LogP contribution in [-0.2, 0) is 4.79 Å². The van der Waals surface area contributed by atoms with E-state index in [-0.39, 0.29) is 11.8 Å². The minimum Gasteiger partial charge on any atom is -0.481 e. The molecule has 0 aromatic carbocycles. The Morgan fingerprint density at radius 1 is 1.16 bits per heavy atom. The summed E-state index contributed by atoms with van der Waals surface area (Å²) in [6.07, 6.45) is 14.6. The minimum absolute atomic E-state index is 0.200. The molecule has 1 atom stereocenters. The molecule has 0 aliphatic heterocycles. The smallest absolute Gasteiger partial charge is 0.303 e. The number of rotatable bonds is 8. The van der Waals surface area contributed by atoms with Crippen molar-refractivity contribution >= 4 is 5.97 Å². The average Bonchev–Trinajstić information content (AvgIpc) is 2.62. The maximum absolute atomic E-state index is 10.7. The zero-order valence-corrected chi connectivity index (χ0v) is 16.3. The highest BCUT2D eigenvalue weighted by Gasteiger charge is 2.41. The van der Waals surface area contributed by atoms with Crippen LogP contribution in [0.2, 0.25) is 0 Å². The third-order valence-electron chi connectivity index (χ3n) is 7.37. The Bertz CT molecular complexity index is 451. The second-order valence-electron chi connectivity index (χ2n) is 8.86. The molecule has 0 radical (unpaired) electrons. The van der Waals surface area contributed by atoms with Crippen molar-refractivity contribution in [2.45, 2.75) is 97.3 Å². The van der Waals surface area contributed by atoms with Gasteiger partial charge in [0.25, 0.3) is 0 Å². The van der Waals surface area contributed by atoms with Crippen LogP contribution >= 0.6 is 0 Å². The van der Waals surface area contributed by atoms with Crippen molar-refractivity contribution in [3.8, 4) is 6.07 Å². The summed E-state index contributed by atoms with van der Waals surface area (Å²) in [5.74, 6) is 2.29.